The van der Waals surface area contributed by atoms with Crippen LogP contribution in [0.2, 0.25) is 0 Å². The van der Waals surface area contributed by atoms with Crippen LogP contribution in [-0.4, -0.2) is 28.1 Å². The molecule has 0 spiro atoms. The zero-order chi connectivity index (χ0) is 25.6. The van der Waals surface area contributed by atoms with Gasteiger partial charge in [-0.2, -0.15) is 5.10 Å². The smallest absolute Gasteiger partial charge is 0.279 e. The molecule has 3 aromatic carbocycles. The van der Waals surface area contributed by atoms with Crippen molar-refractivity contribution in [3.63, 3.8) is 0 Å². The van der Waals surface area contributed by atoms with Crippen molar-refractivity contribution in [1.82, 2.24) is 20.5 Å². The Morgan fingerprint density at radius 1 is 0.919 bits per heavy atom. The van der Waals surface area contributed by atoms with Gasteiger partial charge in [0.1, 0.15) is 34.2 Å². The first-order chi connectivity index (χ1) is 18.1. The SMILES string of the molecule is CNC(=O)C(F)=Cc1cccc(Nc2[nH]nc3nccc(Oc4ccc(Oc5ccccc5)cc4)c23)c1. The van der Waals surface area contributed by atoms with Gasteiger partial charge in [-0.3, -0.25) is 9.89 Å². The molecule has 0 saturated heterocycles. The molecule has 0 aliphatic rings. The summed E-state index contributed by atoms with van der Waals surface area (Å²) in [7, 11) is 1.37. The highest BCUT2D eigenvalue weighted by Crippen LogP contribution is 2.35. The molecule has 0 aliphatic carbocycles. The molecular formula is C28H22FN5O3. The standard InChI is InChI=1S/C28H22FN5O3/c1-30-28(35)23(29)17-18-6-5-7-19(16-18)32-27-25-24(14-15-31-26(25)33-34-27)37-22-12-10-21(11-13-22)36-20-8-3-2-4-9-20/h2-17H,1H3,(H,30,35)(H2,31,32,33,34). The van der Waals surface area contributed by atoms with E-state index in [0.717, 1.165) is 11.8 Å². The molecule has 2 heterocycles. The number of fused-ring (bicyclic) bond motifs is 1. The van der Waals surface area contributed by atoms with Crippen LogP contribution >= 0.6 is 0 Å². The summed E-state index contributed by atoms with van der Waals surface area (Å²) >= 11 is 0. The van der Waals surface area contributed by atoms with Crippen molar-refractivity contribution in [2.24, 2.45) is 0 Å². The van der Waals surface area contributed by atoms with Crippen molar-refractivity contribution in [1.29, 1.82) is 0 Å². The van der Waals surface area contributed by atoms with E-state index in [1.165, 1.54) is 7.05 Å². The Balaban J connectivity index is 1.37. The minimum Gasteiger partial charge on any atom is -0.457 e. The lowest BCUT2D eigenvalue weighted by molar-refractivity contribution is -0.118. The van der Waals surface area contributed by atoms with Crippen LogP contribution in [0.3, 0.4) is 0 Å². The third-order valence-electron chi connectivity index (χ3n) is 5.34. The van der Waals surface area contributed by atoms with Gasteiger partial charge in [0, 0.05) is 25.0 Å². The molecule has 0 unspecified atom stereocenters. The number of aromatic amines is 1. The predicted octanol–water partition coefficient (Wildman–Crippen LogP) is 6.34. The maximum absolute atomic E-state index is 14.0. The van der Waals surface area contributed by atoms with E-state index in [-0.39, 0.29) is 0 Å². The first-order valence-electron chi connectivity index (χ1n) is 11.4. The number of rotatable bonds is 8. The van der Waals surface area contributed by atoms with Gasteiger partial charge in [0.25, 0.3) is 5.91 Å². The number of aromatic nitrogens is 3. The van der Waals surface area contributed by atoms with Gasteiger partial charge in [0.15, 0.2) is 11.5 Å². The van der Waals surface area contributed by atoms with E-state index in [9.17, 15) is 9.18 Å². The molecule has 184 valence electrons. The van der Waals surface area contributed by atoms with Crippen LogP contribution in [0.15, 0.2) is 97.0 Å². The molecule has 3 N–H and O–H groups in total. The molecule has 2 aromatic heterocycles. The summed E-state index contributed by atoms with van der Waals surface area (Å²) in [6, 6.07) is 25.5. The number of halogens is 1. The van der Waals surface area contributed by atoms with Crippen molar-refractivity contribution < 1.29 is 18.7 Å². The first kappa shape index (κ1) is 23.6. The van der Waals surface area contributed by atoms with Crippen LogP contribution in [0, 0.1) is 0 Å². The van der Waals surface area contributed by atoms with Crippen LogP contribution in [0.5, 0.6) is 23.0 Å². The topological polar surface area (TPSA) is 101 Å². The summed E-state index contributed by atoms with van der Waals surface area (Å²) in [4.78, 5) is 15.8. The van der Waals surface area contributed by atoms with Crippen LogP contribution in [0.1, 0.15) is 5.56 Å². The Morgan fingerprint density at radius 2 is 1.65 bits per heavy atom. The monoisotopic (exact) mass is 495 g/mol. The van der Waals surface area contributed by atoms with Crippen LogP contribution in [0.4, 0.5) is 15.9 Å². The van der Waals surface area contributed by atoms with Crippen molar-refractivity contribution >= 4 is 34.5 Å². The molecule has 8 nitrogen and oxygen atoms in total. The first-order valence-corrected chi connectivity index (χ1v) is 11.4. The van der Waals surface area contributed by atoms with E-state index in [4.69, 9.17) is 9.47 Å². The summed E-state index contributed by atoms with van der Waals surface area (Å²) < 4.78 is 26.0. The van der Waals surface area contributed by atoms with Gasteiger partial charge >= 0.3 is 0 Å². The number of nitrogens with one attached hydrogen (secondary N) is 3. The molecule has 0 saturated carbocycles. The number of pyridine rings is 1. The minimum atomic E-state index is -0.883. The average Bonchev–Trinajstić information content (AvgIpc) is 3.33. The number of nitrogens with zero attached hydrogens (tertiary/aromatic N) is 2. The van der Waals surface area contributed by atoms with Crippen LogP contribution in [0.25, 0.3) is 17.1 Å². The zero-order valence-corrected chi connectivity index (χ0v) is 19.7. The highest BCUT2D eigenvalue weighted by atomic mass is 19.1. The van der Waals surface area contributed by atoms with Gasteiger partial charge < -0.3 is 20.1 Å². The van der Waals surface area contributed by atoms with Crippen molar-refractivity contribution in [2.75, 3.05) is 12.4 Å². The van der Waals surface area contributed by atoms with E-state index < -0.39 is 11.7 Å². The number of para-hydroxylation sites is 1. The highest BCUT2D eigenvalue weighted by molar-refractivity contribution is 5.96. The number of ether oxygens (including phenoxy) is 2. The molecule has 5 rings (SSSR count). The van der Waals surface area contributed by atoms with E-state index in [1.807, 2.05) is 60.7 Å². The van der Waals surface area contributed by atoms with Gasteiger partial charge in [0.2, 0.25) is 0 Å². The normalized spacial score (nSPS) is 11.2. The molecule has 0 radical (unpaired) electrons. The number of likely N-dealkylation sites (N-methyl/N-ethyl adjacent to an activating group) is 1. The number of carbonyl (C=O) groups excluding carboxylic acids is 1. The highest BCUT2D eigenvalue weighted by Gasteiger charge is 2.14. The summed E-state index contributed by atoms with van der Waals surface area (Å²) in [5.74, 6) is 1.46. The Kier molecular flexibility index (Phi) is 6.76. The zero-order valence-electron chi connectivity index (χ0n) is 19.7. The number of hydrogen-bond donors (Lipinski definition) is 3. The number of H-pyrrole nitrogens is 1. The Labute approximate surface area is 211 Å². The minimum absolute atomic E-state index is 0.464. The molecule has 9 heteroatoms. The maximum atomic E-state index is 14.0. The number of benzene rings is 3. The third-order valence-corrected chi connectivity index (χ3v) is 5.34. The van der Waals surface area contributed by atoms with Crippen molar-refractivity contribution in [2.45, 2.75) is 0 Å². The number of hydrogen-bond acceptors (Lipinski definition) is 6. The molecule has 0 atom stereocenters. The number of carbonyl (C=O) groups is 1. The van der Waals surface area contributed by atoms with Gasteiger partial charge in [0.05, 0.1) is 0 Å². The second kappa shape index (κ2) is 10.6. The molecule has 0 bridgehead atoms. The lowest BCUT2D eigenvalue weighted by atomic mass is 10.1. The molecule has 0 aliphatic heterocycles. The van der Waals surface area contributed by atoms with Crippen LogP contribution in [-0.2, 0) is 4.79 Å². The molecular weight excluding hydrogens is 473 g/mol. The van der Waals surface area contributed by atoms with E-state index in [1.54, 1.807) is 30.5 Å². The summed E-state index contributed by atoms with van der Waals surface area (Å²) in [5.41, 5.74) is 1.63. The fourth-order valence-electron chi connectivity index (χ4n) is 3.60. The molecule has 1 amide bonds. The van der Waals surface area contributed by atoms with Crippen LogP contribution < -0.4 is 20.1 Å². The molecule has 37 heavy (non-hydrogen) atoms. The quantitative estimate of drug-likeness (QED) is 0.217. The van der Waals surface area contributed by atoms with Crippen molar-refractivity contribution in [3.8, 4) is 23.0 Å². The van der Waals surface area contributed by atoms with E-state index in [0.29, 0.717) is 45.4 Å². The summed E-state index contributed by atoms with van der Waals surface area (Å²) in [5, 5.41) is 13.3. The van der Waals surface area contributed by atoms with Crippen molar-refractivity contribution in [3.05, 3.63) is 103 Å². The second-order valence-corrected chi connectivity index (χ2v) is 7.92. The third kappa shape index (κ3) is 5.57. The largest absolute Gasteiger partial charge is 0.457 e. The Bertz CT molecular complexity index is 1570. The van der Waals surface area contributed by atoms with E-state index >= 15 is 0 Å². The second-order valence-electron chi connectivity index (χ2n) is 7.92. The van der Waals surface area contributed by atoms with Gasteiger partial charge in [-0.25, -0.2) is 9.37 Å². The Morgan fingerprint density at radius 3 is 2.41 bits per heavy atom. The van der Waals surface area contributed by atoms with Gasteiger partial charge in [-0.05, 0) is 60.2 Å². The lowest BCUT2D eigenvalue weighted by Gasteiger charge is -2.10. The molecule has 0 fully saturated rings. The molecule has 5 aromatic rings. The summed E-state index contributed by atoms with van der Waals surface area (Å²) in [6.45, 7) is 0. The fraction of sp³-hybridized carbons (Fsp3) is 0.0357. The number of anilines is 2. The fourth-order valence-corrected chi connectivity index (χ4v) is 3.60. The van der Waals surface area contributed by atoms with Gasteiger partial charge in [-0.15, -0.1) is 0 Å². The average molecular weight is 496 g/mol. The van der Waals surface area contributed by atoms with E-state index in [2.05, 4.69) is 25.8 Å². The maximum Gasteiger partial charge on any atom is 0.279 e. The summed E-state index contributed by atoms with van der Waals surface area (Å²) in [6.07, 6.45) is 2.78. The number of amides is 1. The Hall–Kier alpha value is -5.18. The lowest BCUT2D eigenvalue weighted by Crippen LogP contribution is -2.17. The predicted molar refractivity (Wildman–Crippen MR) is 140 cm³/mol. The van der Waals surface area contributed by atoms with Gasteiger partial charge in [-0.1, -0.05) is 30.3 Å².